The molecule has 1 aromatic carbocycles. The van der Waals surface area contributed by atoms with E-state index in [9.17, 15) is 12.8 Å². The number of nitrogens with one attached hydrogen (secondary N) is 1. The van der Waals surface area contributed by atoms with Gasteiger partial charge in [-0.05, 0) is 31.5 Å². The third-order valence-corrected chi connectivity index (χ3v) is 3.71. The van der Waals surface area contributed by atoms with E-state index >= 15 is 0 Å². The van der Waals surface area contributed by atoms with E-state index in [1.807, 2.05) is 0 Å². The summed E-state index contributed by atoms with van der Waals surface area (Å²) in [6, 6.07) is 2.49. The Kier molecular flexibility index (Phi) is 4.70. The summed E-state index contributed by atoms with van der Waals surface area (Å²) in [6.45, 7) is 3.26. The van der Waals surface area contributed by atoms with Gasteiger partial charge in [0.1, 0.15) is 10.7 Å². The number of hydrogen-bond donors (Lipinski definition) is 2. The second kappa shape index (κ2) is 5.85. The summed E-state index contributed by atoms with van der Waals surface area (Å²) in [5.74, 6) is 4.58. The van der Waals surface area contributed by atoms with Crippen LogP contribution >= 0.6 is 0 Å². The van der Waals surface area contributed by atoms with Gasteiger partial charge in [0.25, 0.3) is 0 Å². The predicted molar refractivity (Wildman–Crippen MR) is 68.8 cm³/mol. The van der Waals surface area contributed by atoms with Crippen molar-refractivity contribution in [2.24, 2.45) is 0 Å². The molecule has 0 amide bonds. The zero-order valence-electron chi connectivity index (χ0n) is 10.2. The van der Waals surface area contributed by atoms with Crippen LogP contribution in [0.15, 0.2) is 17.0 Å². The normalized spacial score (nSPS) is 10.8. The van der Waals surface area contributed by atoms with Gasteiger partial charge in [0.15, 0.2) is 0 Å². The van der Waals surface area contributed by atoms with Gasteiger partial charge >= 0.3 is 0 Å². The Bertz CT molecular complexity index is 600. The van der Waals surface area contributed by atoms with E-state index in [-0.39, 0.29) is 17.8 Å². The highest BCUT2D eigenvalue weighted by Crippen LogP contribution is 2.21. The number of aryl methyl sites for hydroxylation is 1. The molecular formula is C12H15FN2O2S. The van der Waals surface area contributed by atoms with Crippen LogP contribution in [-0.4, -0.2) is 15.0 Å². The van der Waals surface area contributed by atoms with Crippen molar-refractivity contribution in [1.82, 2.24) is 4.72 Å². The number of benzene rings is 1. The maximum Gasteiger partial charge on any atom is 0.243 e. The van der Waals surface area contributed by atoms with Crippen LogP contribution in [0, 0.1) is 24.6 Å². The largest absolute Gasteiger partial charge is 0.399 e. The molecule has 6 heteroatoms. The van der Waals surface area contributed by atoms with Gasteiger partial charge in [-0.2, -0.15) is 0 Å². The number of anilines is 1. The monoisotopic (exact) mass is 270 g/mol. The topological polar surface area (TPSA) is 72.2 Å². The Morgan fingerprint density at radius 2 is 2.11 bits per heavy atom. The first-order chi connectivity index (χ1) is 8.38. The molecule has 0 saturated carbocycles. The average molecular weight is 270 g/mol. The molecule has 0 aromatic heterocycles. The minimum atomic E-state index is -3.89. The molecule has 0 atom stereocenters. The van der Waals surface area contributed by atoms with Gasteiger partial charge in [0, 0.05) is 18.7 Å². The second-order valence-electron chi connectivity index (χ2n) is 3.72. The fourth-order valence-corrected chi connectivity index (χ4v) is 2.62. The van der Waals surface area contributed by atoms with Crippen LogP contribution in [0.25, 0.3) is 0 Å². The smallest absolute Gasteiger partial charge is 0.243 e. The highest BCUT2D eigenvalue weighted by atomic mass is 32.2. The van der Waals surface area contributed by atoms with Crippen LogP contribution in [0.5, 0.6) is 0 Å². The van der Waals surface area contributed by atoms with Gasteiger partial charge in [-0.1, -0.05) is 0 Å². The van der Waals surface area contributed by atoms with Gasteiger partial charge in [-0.25, -0.2) is 17.5 Å². The molecular weight excluding hydrogens is 255 g/mol. The molecule has 98 valence electrons. The van der Waals surface area contributed by atoms with Gasteiger partial charge in [0.05, 0.1) is 0 Å². The summed E-state index contributed by atoms with van der Waals surface area (Å²) in [6.07, 6.45) is 0.374. The van der Waals surface area contributed by atoms with Crippen LogP contribution in [0.1, 0.15) is 18.9 Å². The first-order valence-electron chi connectivity index (χ1n) is 5.33. The number of nitrogens with two attached hydrogens (primary N) is 1. The minimum absolute atomic E-state index is 0.135. The summed E-state index contributed by atoms with van der Waals surface area (Å²) in [7, 11) is -3.89. The van der Waals surface area contributed by atoms with Crippen molar-refractivity contribution in [3.8, 4) is 11.8 Å². The summed E-state index contributed by atoms with van der Waals surface area (Å²) < 4.78 is 39.8. The van der Waals surface area contributed by atoms with E-state index in [4.69, 9.17) is 5.73 Å². The van der Waals surface area contributed by atoms with Crippen LogP contribution in [0.3, 0.4) is 0 Å². The van der Waals surface area contributed by atoms with Crippen LogP contribution in [0.4, 0.5) is 10.1 Å². The third-order valence-electron chi connectivity index (χ3n) is 2.25. The molecule has 0 aliphatic heterocycles. The van der Waals surface area contributed by atoms with Crippen molar-refractivity contribution in [3.05, 3.63) is 23.5 Å². The van der Waals surface area contributed by atoms with E-state index in [1.165, 1.54) is 13.0 Å². The molecule has 0 heterocycles. The lowest BCUT2D eigenvalue weighted by atomic mass is 10.2. The van der Waals surface area contributed by atoms with Crippen molar-refractivity contribution in [1.29, 1.82) is 0 Å². The Balaban J connectivity index is 3.00. The van der Waals surface area contributed by atoms with Crippen molar-refractivity contribution in [2.75, 3.05) is 12.3 Å². The van der Waals surface area contributed by atoms with Gasteiger partial charge in [0.2, 0.25) is 10.0 Å². The van der Waals surface area contributed by atoms with Gasteiger partial charge in [-0.15, -0.1) is 11.8 Å². The average Bonchev–Trinajstić information content (AvgIpc) is 2.29. The van der Waals surface area contributed by atoms with Gasteiger partial charge in [-0.3, -0.25) is 0 Å². The van der Waals surface area contributed by atoms with Crippen LogP contribution in [-0.2, 0) is 10.0 Å². The SMILES string of the molecule is CC#CCCNS(=O)(=O)c1cc(N)cc(C)c1F. The zero-order valence-corrected chi connectivity index (χ0v) is 11.1. The lowest BCUT2D eigenvalue weighted by Crippen LogP contribution is -2.25. The summed E-state index contributed by atoms with van der Waals surface area (Å²) >= 11 is 0. The molecule has 4 nitrogen and oxygen atoms in total. The lowest BCUT2D eigenvalue weighted by molar-refractivity contribution is 0.554. The first-order valence-corrected chi connectivity index (χ1v) is 6.81. The van der Waals surface area contributed by atoms with Crippen LogP contribution in [0.2, 0.25) is 0 Å². The van der Waals surface area contributed by atoms with E-state index in [2.05, 4.69) is 16.6 Å². The number of halogens is 1. The van der Waals surface area contributed by atoms with Gasteiger partial charge < -0.3 is 5.73 Å². The molecule has 0 saturated heterocycles. The maximum absolute atomic E-state index is 13.7. The van der Waals surface area contributed by atoms with Crippen LogP contribution < -0.4 is 10.5 Å². The Morgan fingerprint density at radius 1 is 1.44 bits per heavy atom. The first kappa shape index (κ1) is 14.5. The highest BCUT2D eigenvalue weighted by molar-refractivity contribution is 7.89. The van der Waals surface area contributed by atoms with E-state index in [0.717, 1.165) is 6.07 Å². The summed E-state index contributed by atoms with van der Waals surface area (Å²) in [5, 5.41) is 0. The van der Waals surface area contributed by atoms with E-state index in [1.54, 1.807) is 6.92 Å². The molecule has 3 N–H and O–H groups in total. The Labute approximate surface area is 106 Å². The van der Waals surface area contributed by atoms with E-state index < -0.39 is 20.7 Å². The maximum atomic E-state index is 13.7. The lowest BCUT2D eigenvalue weighted by Gasteiger charge is -2.09. The molecule has 0 aliphatic carbocycles. The molecule has 1 rings (SSSR count). The Hall–Kier alpha value is -1.58. The highest BCUT2D eigenvalue weighted by Gasteiger charge is 2.20. The molecule has 0 fully saturated rings. The summed E-state index contributed by atoms with van der Waals surface area (Å²) in [5.41, 5.74) is 5.93. The van der Waals surface area contributed by atoms with E-state index in [0.29, 0.717) is 6.42 Å². The zero-order chi connectivity index (χ0) is 13.8. The fraction of sp³-hybridized carbons (Fsp3) is 0.333. The molecule has 0 aliphatic rings. The fourth-order valence-electron chi connectivity index (χ4n) is 1.41. The number of nitrogen functional groups attached to an aromatic ring is 1. The molecule has 0 spiro atoms. The third kappa shape index (κ3) is 3.45. The predicted octanol–water partition coefficient (Wildman–Crippen LogP) is 1.41. The molecule has 1 aromatic rings. The standard InChI is InChI=1S/C12H15FN2O2S/c1-3-4-5-6-15-18(16,17)11-8-10(14)7-9(2)12(11)13/h7-8,15H,5-6,14H2,1-2H3. The summed E-state index contributed by atoms with van der Waals surface area (Å²) in [4.78, 5) is -0.426. The molecule has 0 bridgehead atoms. The Morgan fingerprint density at radius 3 is 2.72 bits per heavy atom. The molecule has 18 heavy (non-hydrogen) atoms. The van der Waals surface area contributed by atoms with Crippen molar-refractivity contribution in [3.63, 3.8) is 0 Å². The second-order valence-corrected chi connectivity index (χ2v) is 5.46. The molecule has 0 unspecified atom stereocenters. The van der Waals surface area contributed by atoms with Crippen molar-refractivity contribution >= 4 is 15.7 Å². The van der Waals surface area contributed by atoms with Crippen molar-refractivity contribution < 1.29 is 12.8 Å². The minimum Gasteiger partial charge on any atom is -0.399 e. The number of rotatable bonds is 4. The number of sulfonamides is 1. The molecule has 0 radical (unpaired) electrons. The number of hydrogen-bond acceptors (Lipinski definition) is 3. The van der Waals surface area contributed by atoms with Crippen molar-refractivity contribution in [2.45, 2.75) is 25.2 Å². The quantitative estimate of drug-likeness (QED) is 0.493.